The van der Waals surface area contributed by atoms with Crippen molar-refractivity contribution < 1.29 is 0 Å². The molecule has 0 radical (unpaired) electrons. The van der Waals surface area contributed by atoms with Crippen molar-refractivity contribution >= 4 is 21.7 Å². The summed E-state index contributed by atoms with van der Waals surface area (Å²) in [4.78, 5) is 4.55. The van der Waals surface area contributed by atoms with Crippen molar-refractivity contribution in [3.63, 3.8) is 0 Å². The average molecular weight is 333 g/mol. The van der Waals surface area contributed by atoms with E-state index in [4.69, 9.17) is 0 Å². The zero-order chi connectivity index (χ0) is 14.6. The predicted octanol–water partition coefficient (Wildman–Crippen LogP) is 4.98. The molecule has 2 nitrogen and oxygen atoms in total. The summed E-state index contributed by atoms with van der Waals surface area (Å²) in [5.74, 6) is 0.934. The Morgan fingerprint density at radius 2 is 1.80 bits per heavy atom. The van der Waals surface area contributed by atoms with Crippen LogP contribution < -0.4 is 5.32 Å². The summed E-state index contributed by atoms with van der Waals surface area (Å²) in [6, 6.07) is 14.7. The summed E-state index contributed by atoms with van der Waals surface area (Å²) in [6.07, 6.45) is 2.13. The molecule has 0 spiro atoms. The second-order valence-corrected chi connectivity index (χ2v) is 6.61. The van der Waals surface area contributed by atoms with Crippen LogP contribution in [0.5, 0.6) is 0 Å². The summed E-state index contributed by atoms with van der Waals surface area (Å²) in [5.41, 5.74) is 2.40. The first-order chi connectivity index (χ1) is 9.46. The monoisotopic (exact) mass is 332 g/mol. The summed E-state index contributed by atoms with van der Waals surface area (Å²) in [6.45, 7) is 6.44. The molecular weight excluding hydrogens is 312 g/mol. The number of nitrogens with one attached hydrogen (secondary N) is 1. The van der Waals surface area contributed by atoms with Crippen molar-refractivity contribution in [1.29, 1.82) is 0 Å². The van der Waals surface area contributed by atoms with E-state index in [1.165, 1.54) is 5.56 Å². The maximum atomic E-state index is 4.55. The van der Waals surface area contributed by atoms with E-state index in [1.807, 2.05) is 19.1 Å². The summed E-state index contributed by atoms with van der Waals surface area (Å²) < 4.78 is 1.05. The van der Waals surface area contributed by atoms with Crippen LogP contribution in [0.25, 0.3) is 0 Å². The highest BCUT2D eigenvalue weighted by molar-refractivity contribution is 9.10. The number of rotatable bonds is 5. The van der Waals surface area contributed by atoms with Gasteiger partial charge in [0.2, 0.25) is 0 Å². The van der Waals surface area contributed by atoms with Crippen molar-refractivity contribution in [3.8, 4) is 0 Å². The fraction of sp³-hybridized carbons (Fsp3) is 0.353. The fourth-order valence-corrected chi connectivity index (χ4v) is 2.35. The number of pyridine rings is 1. The molecule has 0 bridgehead atoms. The Labute approximate surface area is 129 Å². The minimum Gasteiger partial charge on any atom is -0.365 e. The molecule has 1 aromatic heterocycles. The van der Waals surface area contributed by atoms with Gasteiger partial charge in [-0.25, -0.2) is 4.98 Å². The first-order valence-corrected chi connectivity index (χ1v) is 7.71. The first kappa shape index (κ1) is 15.0. The van der Waals surface area contributed by atoms with Crippen LogP contribution in [-0.2, 0) is 6.42 Å². The standard InChI is InChI=1S/C17H21BrN2/c1-13-15(18)9-10-16(19-13)20-17(2,3)12-11-14-7-5-4-6-8-14/h4-10H,11-12H2,1-3H3,(H,19,20). The van der Waals surface area contributed by atoms with Crippen molar-refractivity contribution in [3.05, 3.63) is 58.2 Å². The minimum absolute atomic E-state index is 0.0170. The zero-order valence-corrected chi connectivity index (χ0v) is 13.9. The van der Waals surface area contributed by atoms with Gasteiger partial charge in [-0.05, 0) is 67.2 Å². The van der Waals surface area contributed by atoms with Crippen LogP contribution >= 0.6 is 15.9 Å². The van der Waals surface area contributed by atoms with E-state index in [0.29, 0.717) is 0 Å². The maximum Gasteiger partial charge on any atom is 0.126 e. The molecule has 0 saturated carbocycles. The lowest BCUT2D eigenvalue weighted by Gasteiger charge is -2.27. The largest absolute Gasteiger partial charge is 0.365 e. The molecule has 0 atom stereocenters. The third-order valence-corrected chi connectivity index (χ3v) is 4.21. The maximum absolute atomic E-state index is 4.55. The fourth-order valence-electron chi connectivity index (χ4n) is 2.12. The Bertz CT molecular complexity index is 564. The average Bonchev–Trinajstić information content (AvgIpc) is 2.42. The molecule has 0 fully saturated rings. The third-order valence-electron chi connectivity index (χ3n) is 3.37. The number of benzene rings is 1. The number of aromatic nitrogens is 1. The van der Waals surface area contributed by atoms with Gasteiger partial charge in [0.25, 0.3) is 0 Å². The lowest BCUT2D eigenvalue weighted by Crippen LogP contribution is -2.32. The van der Waals surface area contributed by atoms with Crippen molar-refractivity contribution in [2.75, 3.05) is 5.32 Å². The van der Waals surface area contributed by atoms with Gasteiger partial charge in [-0.2, -0.15) is 0 Å². The number of halogens is 1. The molecule has 0 aliphatic carbocycles. The summed E-state index contributed by atoms with van der Waals surface area (Å²) in [5, 5.41) is 3.52. The normalized spacial score (nSPS) is 11.4. The molecule has 0 aliphatic heterocycles. The molecule has 0 saturated heterocycles. The highest BCUT2D eigenvalue weighted by Gasteiger charge is 2.18. The van der Waals surface area contributed by atoms with Crippen LogP contribution in [0.3, 0.4) is 0 Å². The van der Waals surface area contributed by atoms with E-state index in [2.05, 4.69) is 70.4 Å². The highest BCUT2D eigenvalue weighted by atomic mass is 79.9. The van der Waals surface area contributed by atoms with Gasteiger partial charge in [0.15, 0.2) is 0 Å². The van der Waals surface area contributed by atoms with Gasteiger partial charge in [-0.1, -0.05) is 30.3 Å². The van der Waals surface area contributed by atoms with Crippen LogP contribution in [0.2, 0.25) is 0 Å². The molecule has 1 heterocycles. The van der Waals surface area contributed by atoms with Gasteiger partial charge in [0.05, 0.1) is 5.69 Å². The number of hydrogen-bond donors (Lipinski definition) is 1. The van der Waals surface area contributed by atoms with E-state index in [1.54, 1.807) is 0 Å². The Morgan fingerprint density at radius 1 is 1.10 bits per heavy atom. The van der Waals surface area contributed by atoms with E-state index in [-0.39, 0.29) is 5.54 Å². The van der Waals surface area contributed by atoms with Crippen molar-refractivity contribution in [2.24, 2.45) is 0 Å². The molecule has 106 valence electrons. The second kappa shape index (κ2) is 6.40. The van der Waals surface area contributed by atoms with E-state index < -0.39 is 0 Å². The lowest BCUT2D eigenvalue weighted by molar-refractivity contribution is 0.516. The smallest absolute Gasteiger partial charge is 0.126 e. The molecule has 20 heavy (non-hydrogen) atoms. The number of aryl methyl sites for hydroxylation is 2. The van der Waals surface area contributed by atoms with Crippen LogP contribution in [0.15, 0.2) is 46.9 Å². The zero-order valence-electron chi connectivity index (χ0n) is 12.3. The lowest BCUT2D eigenvalue weighted by atomic mass is 9.95. The Balaban J connectivity index is 1.98. The molecule has 1 aromatic carbocycles. The van der Waals surface area contributed by atoms with Gasteiger partial charge in [0.1, 0.15) is 5.82 Å². The molecule has 3 heteroatoms. The number of hydrogen-bond acceptors (Lipinski definition) is 2. The Hall–Kier alpha value is -1.35. The van der Waals surface area contributed by atoms with Gasteiger partial charge in [0, 0.05) is 10.0 Å². The number of anilines is 1. The summed E-state index contributed by atoms with van der Waals surface area (Å²) in [7, 11) is 0. The Kier molecular flexibility index (Phi) is 4.81. The molecule has 2 aromatic rings. The second-order valence-electron chi connectivity index (χ2n) is 5.76. The quantitative estimate of drug-likeness (QED) is 0.835. The molecular formula is C17H21BrN2. The SMILES string of the molecule is Cc1nc(NC(C)(C)CCc2ccccc2)ccc1Br. The molecule has 1 N–H and O–H groups in total. The predicted molar refractivity (Wildman–Crippen MR) is 89.1 cm³/mol. The molecule has 2 rings (SSSR count). The van der Waals surface area contributed by atoms with Crippen LogP contribution in [-0.4, -0.2) is 10.5 Å². The summed E-state index contributed by atoms with van der Waals surface area (Å²) >= 11 is 3.48. The molecule has 0 aliphatic rings. The van der Waals surface area contributed by atoms with Gasteiger partial charge in [-0.15, -0.1) is 0 Å². The number of nitrogens with zero attached hydrogens (tertiary/aromatic N) is 1. The third kappa shape index (κ3) is 4.34. The van der Waals surface area contributed by atoms with Gasteiger partial charge < -0.3 is 5.32 Å². The van der Waals surface area contributed by atoms with Crippen LogP contribution in [0, 0.1) is 6.92 Å². The highest BCUT2D eigenvalue weighted by Crippen LogP contribution is 2.22. The van der Waals surface area contributed by atoms with Crippen LogP contribution in [0.1, 0.15) is 31.5 Å². The Morgan fingerprint density at radius 3 is 2.45 bits per heavy atom. The van der Waals surface area contributed by atoms with Gasteiger partial charge >= 0.3 is 0 Å². The minimum atomic E-state index is 0.0170. The van der Waals surface area contributed by atoms with Crippen LogP contribution in [0.4, 0.5) is 5.82 Å². The van der Waals surface area contributed by atoms with E-state index >= 15 is 0 Å². The topological polar surface area (TPSA) is 24.9 Å². The van der Waals surface area contributed by atoms with E-state index in [9.17, 15) is 0 Å². The van der Waals surface area contributed by atoms with Crippen molar-refractivity contribution in [1.82, 2.24) is 4.98 Å². The van der Waals surface area contributed by atoms with Crippen molar-refractivity contribution in [2.45, 2.75) is 39.2 Å². The van der Waals surface area contributed by atoms with Gasteiger partial charge in [-0.3, -0.25) is 0 Å². The molecule has 0 amide bonds. The first-order valence-electron chi connectivity index (χ1n) is 6.91. The van der Waals surface area contributed by atoms with E-state index in [0.717, 1.165) is 28.8 Å². The molecule has 0 unspecified atom stereocenters.